The molecule has 1 rings (SSSR count). The highest BCUT2D eigenvalue weighted by molar-refractivity contribution is 9.10. The van der Waals surface area contributed by atoms with E-state index in [1.807, 2.05) is 18.3 Å². The highest BCUT2D eigenvalue weighted by Gasteiger charge is 1.94. The lowest BCUT2D eigenvalue weighted by Crippen LogP contribution is -1.75. The summed E-state index contributed by atoms with van der Waals surface area (Å²) in [4.78, 5) is 4.33. The summed E-state index contributed by atoms with van der Waals surface area (Å²) in [6.45, 7) is 4.14. The van der Waals surface area contributed by atoms with Crippen LogP contribution in [-0.2, 0) is 0 Å². The van der Waals surface area contributed by atoms with Crippen molar-refractivity contribution < 1.29 is 0 Å². The molecule has 0 heterocycles. The van der Waals surface area contributed by atoms with Gasteiger partial charge in [-0.05, 0) is 31.0 Å². The quantitative estimate of drug-likeness (QED) is 0.678. The molecule has 0 spiro atoms. The molecule has 0 saturated carbocycles. The number of aliphatic imine (C=N–C) groups is 1. The minimum absolute atomic E-state index is 0.978. The summed E-state index contributed by atoms with van der Waals surface area (Å²) in [6.07, 6.45) is 2.90. The van der Waals surface area contributed by atoms with Gasteiger partial charge in [-0.1, -0.05) is 28.9 Å². The highest BCUT2D eigenvalue weighted by atomic mass is 79.9. The molecule has 12 heavy (non-hydrogen) atoms. The molecule has 1 aromatic carbocycles. The maximum Gasteiger partial charge on any atom is 0.0666 e. The predicted molar refractivity (Wildman–Crippen MR) is 57.3 cm³/mol. The van der Waals surface area contributed by atoms with Crippen molar-refractivity contribution in [1.82, 2.24) is 0 Å². The second-order valence-corrected chi connectivity index (χ2v) is 3.57. The molecule has 0 fully saturated rings. The zero-order chi connectivity index (χ0) is 8.97. The second-order valence-electron chi connectivity index (χ2n) is 2.65. The normalized spacial score (nSPS) is 10.9. The van der Waals surface area contributed by atoms with E-state index in [0.29, 0.717) is 0 Å². The third kappa shape index (κ3) is 2.45. The first kappa shape index (κ1) is 9.46. The number of halogens is 1. The van der Waals surface area contributed by atoms with Gasteiger partial charge in [0.15, 0.2) is 0 Å². The lowest BCUT2D eigenvalue weighted by Gasteiger charge is -1.99. The number of hydrogen-bond acceptors (Lipinski definition) is 1. The van der Waals surface area contributed by atoms with E-state index in [1.54, 1.807) is 0 Å². The van der Waals surface area contributed by atoms with Gasteiger partial charge in [-0.2, -0.15) is 0 Å². The van der Waals surface area contributed by atoms with Gasteiger partial charge in [-0.3, -0.25) is 4.99 Å². The monoisotopic (exact) mass is 225 g/mol. The zero-order valence-electron chi connectivity index (χ0n) is 7.34. The van der Waals surface area contributed by atoms with E-state index < -0.39 is 0 Å². The molecule has 0 aromatic heterocycles. The second kappa shape index (κ2) is 4.41. The number of aryl methyl sites for hydroxylation is 1. The van der Waals surface area contributed by atoms with Crippen molar-refractivity contribution in [2.24, 2.45) is 4.99 Å². The predicted octanol–water partition coefficient (Wildman–Crippen LogP) is 3.87. The van der Waals surface area contributed by atoms with Crippen LogP contribution in [0, 0.1) is 6.92 Å². The molecular formula is C10H12BrN. The molecule has 1 nitrogen and oxygen atoms in total. The van der Waals surface area contributed by atoms with Crippen molar-refractivity contribution >= 4 is 27.8 Å². The summed E-state index contributed by atoms with van der Waals surface area (Å²) in [6, 6.07) is 6.12. The molecular weight excluding hydrogens is 214 g/mol. The van der Waals surface area contributed by atoms with Crippen LogP contribution in [0.3, 0.4) is 0 Å². The van der Waals surface area contributed by atoms with Crippen LogP contribution < -0.4 is 0 Å². The van der Waals surface area contributed by atoms with Gasteiger partial charge >= 0.3 is 0 Å². The Hall–Kier alpha value is -0.630. The Balaban J connectivity index is 2.97. The van der Waals surface area contributed by atoms with Gasteiger partial charge in [0.05, 0.1) is 5.69 Å². The third-order valence-corrected chi connectivity index (χ3v) is 2.08. The Bertz CT molecular complexity index is 292. The van der Waals surface area contributed by atoms with E-state index in [9.17, 15) is 0 Å². The molecule has 0 bridgehead atoms. The number of benzene rings is 1. The fourth-order valence-electron chi connectivity index (χ4n) is 0.911. The molecule has 1 aromatic rings. The Labute approximate surface area is 81.7 Å². The fourth-order valence-corrected chi connectivity index (χ4v) is 1.26. The molecule has 0 unspecified atom stereocenters. The van der Waals surface area contributed by atoms with E-state index in [-0.39, 0.29) is 0 Å². The van der Waals surface area contributed by atoms with Gasteiger partial charge in [-0.15, -0.1) is 0 Å². The van der Waals surface area contributed by atoms with Gasteiger partial charge in [0.25, 0.3) is 0 Å². The summed E-state index contributed by atoms with van der Waals surface area (Å²) in [7, 11) is 0. The van der Waals surface area contributed by atoms with Crippen molar-refractivity contribution in [2.75, 3.05) is 0 Å². The Morgan fingerprint density at radius 1 is 1.50 bits per heavy atom. The van der Waals surface area contributed by atoms with Crippen LogP contribution in [-0.4, -0.2) is 6.21 Å². The lowest BCUT2D eigenvalue weighted by atomic mass is 10.2. The molecule has 0 aliphatic rings. The molecule has 0 radical (unpaired) electrons. The molecule has 64 valence electrons. The standard InChI is InChI=1S/C10H12BrN/c1-3-6-12-10-7-9(11)5-4-8(10)2/h4-7H,3H2,1-2H3. The number of hydrogen-bond donors (Lipinski definition) is 0. The first-order valence-corrected chi connectivity index (χ1v) is 4.82. The van der Waals surface area contributed by atoms with Gasteiger partial charge in [-0.25, -0.2) is 0 Å². The SMILES string of the molecule is CCC=Nc1cc(Br)ccc1C. The number of rotatable bonds is 2. The van der Waals surface area contributed by atoms with E-state index in [4.69, 9.17) is 0 Å². The molecule has 0 N–H and O–H groups in total. The van der Waals surface area contributed by atoms with Crippen LogP contribution in [0.1, 0.15) is 18.9 Å². The van der Waals surface area contributed by atoms with Crippen molar-refractivity contribution in [3.63, 3.8) is 0 Å². The largest absolute Gasteiger partial charge is 0.261 e. The molecule has 0 saturated heterocycles. The minimum atomic E-state index is 0.978. The van der Waals surface area contributed by atoms with E-state index in [2.05, 4.69) is 40.8 Å². The third-order valence-electron chi connectivity index (χ3n) is 1.58. The molecule has 0 aliphatic heterocycles. The van der Waals surface area contributed by atoms with Crippen molar-refractivity contribution in [3.8, 4) is 0 Å². The summed E-state index contributed by atoms with van der Waals surface area (Å²) >= 11 is 3.41. The zero-order valence-corrected chi connectivity index (χ0v) is 8.93. The topological polar surface area (TPSA) is 12.4 Å². The van der Waals surface area contributed by atoms with E-state index in [0.717, 1.165) is 16.6 Å². The van der Waals surface area contributed by atoms with Crippen LogP contribution in [0.15, 0.2) is 27.7 Å². The van der Waals surface area contributed by atoms with Gasteiger partial charge < -0.3 is 0 Å². The average Bonchev–Trinajstić information content (AvgIpc) is 2.07. The maximum absolute atomic E-state index is 4.33. The highest BCUT2D eigenvalue weighted by Crippen LogP contribution is 2.22. The lowest BCUT2D eigenvalue weighted by molar-refractivity contribution is 1.30. The summed E-state index contributed by atoms with van der Waals surface area (Å²) in [5.74, 6) is 0. The summed E-state index contributed by atoms with van der Waals surface area (Å²) in [5, 5.41) is 0. The van der Waals surface area contributed by atoms with Crippen LogP contribution >= 0.6 is 15.9 Å². The smallest absolute Gasteiger partial charge is 0.0666 e. The Morgan fingerprint density at radius 3 is 2.92 bits per heavy atom. The minimum Gasteiger partial charge on any atom is -0.261 e. The van der Waals surface area contributed by atoms with Crippen LogP contribution in [0.4, 0.5) is 5.69 Å². The Morgan fingerprint density at radius 2 is 2.25 bits per heavy atom. The first-order chi connectivity index (χ1) is 5.74. The number of nitrogens with zero attached hydrogens (tertiary/aromatic N) is 1. The van der Waals surface area contributed by atoms with Crippen molar-refractivity contribution in [1.29, 1.82) is 0 Å². The molecule has 0 atom stereocenters. The van der Waals surface area contributed by atoms with Crippen LogP contribution in [0.2, 0.25) is 0 Å². The Kier molecular flexibility index (Phi) is 3.48. The average molecular weight is 226 g/mol. The fraction of sp³-hybridized carbons (Fsp3) is 0.300. The molecule has 0 amide bonds. The first-order valence-electron chi connectivity index (χ1n) is 4.02. The van der Waals surface area contributed by atoms with Crippen molar-refractivity contribution in [2.45, 2.75) is 20.3 Å². The van der Waals surface area contributed by atoms with Crippen molar-refractivity contribution in [3.05, 3.63) is 28.2 Å². The molecule has 2 heteroatoms. The van der Waals surface area contributed by atoms with Gasteiger partial charge in [0.2, 0.25) is 0 Å². The molecule has 0 aliphatic carbocycles. The van der Waals surface area contributed by atoms with E-state index in [1.165, 1.54) is 5.56 Å². The summed E-state index contributed by atoms with van der Waals surface area (Å²) in [5.41, 5.74) is 2.26. The van der Waals surface area contributed by atoms with Crippen LogP contribution in [0.25, 0.3) is 0 Å². The van der Waals surface area contributed by atoms with Crippen LogP contribution in [0.5, 0.6) is 0 Å². The van der Waals surface area contributed by atoms with E-state index >= 15 is 0 Å². The van der Waals surface area contributed by atoms with Gasteiger partial charge in [0, 0.05) is 10.7 Å². The summed E-state index contributed by atoms with van der Waals surface area (Å²) < 4.78 is 1.08. The maximum atomic E-state index is 4.33. The van der Waals surface area contributed by atoms with Gasteiger partial charge in [0.1, 0.15) is 0 Å².